The highest BCUT2D eigenvalue weighted by Crippen LogP contribution is 2.41. The van der Waals surface area contributed by atoms with Gasteiger partial charge in [0.25, 0.3) is 0 Å². The molecular weight excluding hydrogens is 436 g/mol. The second-order valence-corrected chi connectivity index (χ2v) is 9.69. The van der Waals surface area contributed by atoms with Crippen LogP contribution in [0.4, 0.5) is 0 Å². The van der Waals surface area contributed by atoms with Gasteiger partial charge in [-0.05, 0) is 31.6 Å². The van der Waals surface area contributed by atoms with Gasteiger partial charge < -0.3 is 14.2 Å². The number of rotatable bonds is 13. The Balaban J connectivity index is 2.89. The van der Waals surface area contributed by atoms with Crippen molar-refractivity contribution in [3.63, 3.8) is 0 Å². The molecule has 0 bridgehead atoms. The lowest BCUT2D eigenvalue weighted by atomic mass is 9.83. The number of allylic oxidation sites excluding steroid dienone is 1. The zero-order valence-electron chi connectivity index (χ0n) is 21.5. The highest BCUT2D eigenvalue weighted by Gasteiger charge is 2.45. The molecule has 0 unspecified atom stereocenters. The molecule has 0 amide bonds. The minimum absolute atomic E-state index is 0.000598. The highest BCUT2D eigenvalue weighted by molar-refractivity contribution is 6.33. The summed E-state index contributed by atoms with van der Waals surface area (Å²) in [6, 6.07) is 0. The maximum atomic E-state index is 11.7. The molecule has 1 aliphatic carbocycles. The Labute approximate surface area is 204 Å². The van der Waals surface area contributed by atoms with Gasteiger partial charge in [0.2, 0.25) is 5.78 Å². The number of unbranched alkanes of at least 4 members (excludes halogenated alkanes) is 2. The van der Waals surface area contributed by atoms with E-state index in [0.717, 1.165) is 32.1 Å². The maximum Gasteiger partial charge on any atom is 0.374 e. The van der Waals surface area contributed by atoms with E-state index < -0.39 is 11.8 Å². The van der Waals surface area contributed by atoms with Gasteiger partial charge in [0.05, 0.1) is 7.11 Å². The molecule has 0 aliphatic heterocycles. The van der Waals surface area contributed by atoms with Gasteiger partial charge in [-0.1, -0.05) is 38.8 Å². The number of ether oxygens (including phenoxy) is 3. The first-order valence-electron chi connectivity index (χ1n) is 12.0. The van der Waals surface area contributed by atoms with Crippen molar-refractivity contribution in [1.29, 1.82) is 0 Å². The zero-order valence-corrected chi connectivity index (χ0v) is 21.5. The van der Waals surface area contributed by atoms with E-state index in [1.54, 1.807) is 0 Å². The largest absolute Gasteiger partial charge is 0.463 e. The fourth-order valence-corrected chi connectivity index (χ4v) is 4.42. The Bertz CT molecular complexity index is 800. The summed E-state index contributed by atoms with van der Waals surface area (Å²) in [7, 11) is 1.20. The molecule has 0 aromatic carbocycles. The molecule has 0 aromatic heterocycles. The molecule has 1 rings (SSSR count). The minimum Gasteiger partial charge on any atom is -0.463 e. The first-order chi connectivity index (χ1) is 16.0. The van der Waals surface area contributed by atoms with Crippen LogP contribution in [-0.4, -0.2) is 43.0 Å². The molecule has 34 heavy (non-hydrogen) atoms. The van der Waals surface area contributed by atoms with Crippen molar-refractivity contribution in [3.8, 4) is 11.8 Å². The monoisotopic (exact) mass is 476 g/mol. The summed E-state index contributed by atoms with van der Waals surface area (Å²) >= 11 is 0. The fourth-order valence-electron chi connectivity index (χ4n) is 4.42. The average Bonchev–Trinajstić information content (AvgIpc) is 3.05. The van der Waals surface area contributed by atoms with Crippen molar-refractivity contribution in [3.05, 3.63) is 12.2 Å². The Morgan fingerprint density at radius 2 is 1.65 bits per heavy atom. The van der Waals surface area contributed by atoms with Crippen LogP contribution in [0.5, 0.6) is 0 Å². The van der Waals surface area contributed by atoms with Crippen LogP contribution in [-0.2, 0) is 33.4 Å². The highest BCUT2D eigenvalue weighted by atomic mass is 16.6. The first-order valence-corrected chi connectivity index (χ1v) is 12.0. The average molecular weight is 477 g/mol. The molecular formula is C27H40O7. The second kappa shape index (κ2) is 14.6. The quantitative estimate of drug-likeness (QED) is 0.0960. The molecule has 190 valence electrons. The van der Waals surface area contributed by atoms with E-state index >= 15 is 0 Å². The molecule has 0 radical (unpaired) electrons. The van der Waals surface area contributed by atoms with Crippen LogP contribution >= 0.6 is 0 Å². The summed E-state index contributed by atoms with van der Waals surface area (Å²) in [5.41, 5.74) is 0.0198. The minimum atomic E-state index is -0.812. The van der Waals surface area contributed by atoms with E-state index in [-0.39, 0.29) is 47.8 Å². The number of methoxy groups -OCH3 is 1. The topological polar surface area (TPSA) is 96.0 Å². The van der Waals surface area contributed by atoms with Crippen molar-refractivity contribution in [2.45, 2.75) is 98.2 Å². The number of ketones is 1. The lowest BCUT2D eigenvalue weighted by Gasteiger charge is -2.25. The standard InChI is InChI=1S/C27H40O7/c1-7-8-16-27(4,5)17-12-14-22-21(13-10-9-11-15-23(30)26(31)32-6)24(33-19(2)28)18-25(22)34-20(3)29/h12,14,21-22,24-25H,9-11,13,15-18H2,1-6H3/t21-,22-,24+,25-/m1/s1. The maximum absolute atomic E-state index is 11.7. The van der Waals surface area contributed by atoms with Crippen molar-refractivity contribution in [1.82, 2.24) is 0 Å². The van der Waals surface area contributed by atoms with Gasteiger partial charge >= 0.3 is 17.9 Å². The van der Waals surface area contributed by atoms with Crippen LogP contribution in [0.15, 0.2) is 12.2 Å². The van der Waals surface area contributed by atoms with Crippen LogP contribution in [0.1, 0.15) is 86.0 Å². The van der Waals surface area contributed by atoms with Gasteiger partial charge in [-0.2, -0.15) is 0 Å². The molecule has 0 saturated heterocycles. The van der Waals surface area contributed by atoms with Crippen molar-refractivity contribution < 1.29 is 33.4 Å². The lowest BCUT2D eigenvalue weighted by molar-refractivity contribution is -0.151. The zero-order chi connectivity index (χ0) is 25.7. The predicted molar refractivity (Wildman–Crippen MR) is 128 cm³/mol. The van der Waals surface area contributed by atoms with Crippen molar-refractivity contribution in [2.24, 2.45) is 17.3 Å². The smallest absolute Gasteiger partial charge is 0.374 e. The summed E-state index contributed by atoms with van der Waals surface area (Å²) in [6.07, 6.45) is 8.64. The molecule has 0 aromatic rings. The predicted octanol–water partition coefficient (Wildman–Crippen LogP) is 4.56. The van der Waals surface area contributed by atoms with E-state index in [1.165, 1.54) is 21.0 Å². The number of hydrogen-bond acceptors (Lipinski definition) is 7. The summed E-state index contributed by atoms with van der Waals surface area (Å²) in [5.74, 6) is 3.95. The molecule has 0 N–H and O–H groups in total. The van der Waals surface area contributed by atoms with Gasteiger partial charge in [0, 0.05) is 44.9 Å². The number of carbonyl (C=O) groups excluding carboxylic acids is 4. The molecule has 1 aliphatic rings. The van der Waals surface area contributed by atoms with Crippen molar-refractivity contribution >= 4 is 23.7 Å². The third-order valence-electron chi connectivity index (χ3n) is 6.13. The molecule has 0 spiro atoms. The van der Waals surface area contributed by atoms with Crippen LogP contribution in [0.25, 0.3) is 0 Å². The second-order valence-electron chi connectivity index (χ2n) is 9.69. The molecule has 4 atom stereocenters. The van der Waals surface area contributed by atoms with E-state index in [0.29, 0.717) is 12.8 Å². The van der Waals surface area contributed by atoms with Crippen molar-refractivity contribution in [2.75, 3.05) is 7.11 Å². The summed E-state index contributed by atoms with van der Waals surface area (Å²) in [6.45, 7) is 8.93. The summed E-state index contributed by atoms with van der Waals surface area (Å²) < 4.78 is 15.7. The molecule has 7 heteroatoms. The Kier molecular flexibility index (Phi) is 12.6. The van der Waals surface area contributed by atoms with Crippen LogP contribution in [0.3, 0.4) is 0 Å². The third kappa shape index (κ3) is 10.5. The van der Waals surface area contributed by atoms with Gasteiger partial charge in [0.15, 0.2) is 0 Å². The lowest BCUT2D eigenvalue weighted by Crippen LogP contribution is -2.25. The number of hydrogen-bond donors (Lipinski definition) is 0. The van der Waals surface area contributed by atoms with E-state index in [4.69, 9.17) is 9.47 Å². The van der Waals surface area contributed by atoms with E-state index in [9.17, 15) is 19.2 Å². The van der Waals surface area contributed by atoms with Crippen LogP contribution < -0.4 is 0 Å². The van der Waals surface area contributed by atoms with Gasteiger partial charge in [-0.25, -0.2) is 4.79 Å². The van der Waals surface area contributed by atoms with Gasteiger partial charge in [-0.3, -0.25) is 14.4 Å². The SMILES string of the molecule is CC#CCC(C)(C)CC=C[C@@H]1[C@@H](CCCCCC(=O)C(=O)OC)[C@@H](OC(C)=O)C[C@H]1OC(C)=O. The van der Waals surface area contributed by atoms with E-state index in [2.05, 4.69) is 42.6 Å². The molecule has 7 nitrogen and oxygen atoms in total. The molecule has 0 heterocycles. The molecule has 1 saturated carbocycles. The third-order valence-corrected chi connectivity index (χ3v) is 6.13. The molecule has 1 fully saturated rings. The van der Waals surface area contributed by atoms with Crippen LogP contribution in [0, 0.1) is 29.1 Å². The Hall–Kier alpha value is -2.62. The van der Waals surface area contributed by atoms with E-state index in [1.807, 2.05) is 6.92 Å². The number of carbonyl (C=O) groups is 4. The van der Waals surface area contributed by atoms with Crippen LogP contribution in [0.2, 0.25) is 0 Å². The Morgan fingerprint density at radius 3 is 2.24 bits per heavy atom. The normalized spacial score (nSPS) is 22.1. The Morgan fingerprint density at radius 1 is 1.00 bits per heavy atom. The fraction of sp³-hybridized carbons (Fsp3) is 0.704. The number of Topliss-reactive ketones (excluding diaryl/α,β-unsaturated/α-hetero) is 1. The summed E-state index contributed by atoms with van der Waals surface area (Å²) in [4.78, 5) is 46.3. The van der Waals surface area contributed by atoms with Gasteiger partial charge in [0.1, 0.15) is 12.2 Å². The van der Waals surface area contributed by atoms with Gasteiger partial charge in [-0.15, -0.1) is 11.8 Å². The summed E-state index contributed by atoms with van der Waals surface area (Å²) in [5, 5.41) is 0. The number of esters is 3. The first kappa shape index (κ1) is 29.4.